The summed E-state index contributed by atoms with van der Waals surface area (Å²) >= 11 is 0. The molecule has 0 fully saturated rings. The second-order valence-corrected chi connectivity index (χ2v) is 7.63. The normalized spacial score (nSPS) is 11.8. The fourth-order valence-corrected chi connectivity index (χ4v) is 3.69. The van der Waals surface area contributed by atoms with Crippen LogP contribution in [0.2, 0.25) is 0 Å². The second-order valence-electron chi connectivity index (χ2n) is 7.63. The molecular weight excluding hydrogens is 420 g/mol. The van der Waals surface area contributed by atoms with Crippen molar-refractivity contribution in [3.63, 3.8) is 0 Å². The molecule has 4 rings (SSSR count). The van der Waals surface area contributed by atoms with E-state index in [1.807, 2.05) is 50.4 Å². The Morgan fingerprint density at radius 2 is 1.70 bits per heavy atom. The highest BCUT2D eigenvalue weighted by molar-refractivity contribution is 5.96. The number of nitrogens with zero attached hydrogens (tertiary/aromatic N) is 3. The van der Waals surface area contributed by atoms with E-state index >= 15 is 0 Å². The Morgan fingerprint density at radius 1 is 1.03 bits per heavy atom. The van der Waals surface area contributed by atoms with Crippen molar-refractivity contribution in [2.45, 2.75) is 20.0 Å². The lowest BCUT2D eigenvalue weighted by Crippen LogP contribution is -2.30. The summed E-state index contributed by atoms with van der Waals surface area (Å²) in [6, 6.07) is 17.0. The summed E-state index contributed by atoms with van der Waals surface area (Å²) < 4.78 is 18.2. The molecule has 0 aliphatic carbocycles. The minimum absolute atomic E-state index is 0.324. The molecule has 0 saturated heterocycles. The van der Waals surface area contributed by atoms with E-state index in [1.54, 1.807) is 44.0 Å². The summed E-state index contributed by atoms with van der Waals surface area (Å²) in [5.41, 5.74) is 4.08. The number of amides is 1. The van der Waals surface area contributed by atoms with Crippen LogP contribution in [-0.2, 0) is 11.8 Å². The predicted molar refractivity (Wildman–Crippen MR) is 127 cm³/mol. The third-order valence-corrected chi connectivity index (χ3v) is 5.32. The van der Waals surface area contributed by atoms with Gasteiger partial charge in [-0.3, -0.25) is 9.48 Å². The van der Waals surface area contributed by atoms with Crippen LogP contribution in [0.25, 0.3) is 22.2 Å². The van der Waals surface area contributed by atoms with Crippen molar-refractivity contribution in [2.75, 3.05) is 19.5 Å². The molecule has 1 amide bonds. The SMILES string of the molecule is COc1cc(NC(=O)C(C)Oc2cc(-c3ccccc3)c3c(C)nn(C)c3n2)cc(OC)c1. The Morgan fingerprint density at radius 3 is 2.33 bits per heavy atom. The number of pyridine rings is 1. The second kappa shape index (κ2) is 9.20. The summed E-state index contributed by atoms with van der Waals surface area (Å²) in [5, 5.41) is 8.31. The third kappa shape index (κ3) is 4.59. The number of rotatable bonds is 7. The molecule has 8 heteroatoms. The van der Waals surface area contributed by atoms with Gasteiger partial charge in [0.05, 0.1) is 25.3 Å². The van der Waals surface area contributed by atoms with Crippen LogP contribution in [0, 0.1) is 6.92 Å². The molecule has 0 aliphatic rings. The van der Waals surface area contributed by atoms with Crippen LogP contribution in [0.3, 0.4) is 0 Å². The van der Waals surface area contributed by atoms with E-state index in [1.165, 1.54) is 0 Å². The number of aryl methyl sites for hydroxylation is 2. The van der Waals surface area contributed by atoms with Crippen molar-refractivity contribution in [3.05, 3.63) is 60.3 Å². The number of anilines is 1. The lowest BCUT2D eigenvalue weighted by Gasteiger charge is -2.16. The molecular formula is C25H26N4O4. The molecule has 4 aromatic rings. The molecule has 2 heterocycles. The van der Waals surface area contributed by atoms with Crippen LogP contribution in [0.15, 0.2) is 54.6 Å². The van der Waals surface area contributed by atoms with E-state index in [-0.39, 0.29) is 5.91 Å². The molecule has 2 aromatic carbocycles. The molecule has 1 atom stereocenters. The van der Waals surface area contributed by atoms with Gasteiger partial charge < -0.3 is 19.5 Å². The number of fused-ring (bicyclic) bond motifs is 1. The minimum Gasteiger partial charge on any atom is -0.497 e. The quantitative estimate of drug-likeness (QED) is 0.454. The number of nitrogens with one attached hydrogen (secondary N) is 1. The number of methoxy groups -OCH3 is 2. The lowest BCUT2D eigenvalue weighted by atomic mass is 10.0. The van der Waals surface area contributed by atoms with E-state index in [0.29, 0.717) is 28.7 Å². The largest absolute Gasteiger partial charge is 0.497 e. The molecule has 0 saturated carbocycles. The fraction of sp³-hybridized carbons (Fsp3) is 0.240. The molecule has 0 bridgehead atoms. The van der Waals surface area contributed by atoms with Gasteiger partial charge in [0.25, 0.3) is 5.91 Å². The Bertz CT molecular complexity index is 1280. The number of ether oxygens (including phenoxy) is 3. The summed E-state index contributed by atoms with van der Waals surface area (Å²) in [7, 11) is 4.95. The van der Waals surface area contributed by atoms with Crippen molar-refractivity contribution in [2.24, 2.45) is 7.05 Å². The molecule has 33 heavy (non-hydrogen) atoms. The van der Waals surface area contributed by atoms with E-state index < -0.39 is 6.10 Å². The van der Waals surface area contributed by atoms with Crippen molar-refractivity contribution in [1.82, 2.24) is 14.8 Å². The van der Waals surface area contributed by atoms with Crippen LogP contribution in [0.1, 0.15) is 12.6 Å². The highest BCUT2D eigenvalue weighted by Crippen LogP contribution is 2.33. The highest BCUT2D eigenvalue weighted by Gasteiger charge is 2.20. The molecule has 8 nitrogen and oxygen atoms in total. The van der Waals surface area contributed by atoms with Crippen LogP contribution >= 0.6 is 0 Å². The first-order chi connectivity index (χ1) is 15.9. The summed E-state index contributed by atoms with van der Waals surface area (Å²) in [6.45, 7) is 3.63. The zero-order valence-corrected chi connectivity index (χ0v) is 19.2. The maximum atomic E-state index is 12.8. The minimum atomic E-state index is -0.801. The number of aromatic nitrogens is 3. The van der Waals surface area contributed by atoms with Crippen molar-refractivity contribution in [3.8, 4) is 28.5 Å². The van der Waals surface area contributed by atoms with Gasteiger partial charge in [-0.1, -0.05) is 30.3 Å². The predicted octanol–water partition coefficient (Wildman–Crippen LogP) is 4.37. The molecule has 1 N–H and O–H groups in total. The molecule has 2 aromatic heterocycles. The smallest absolute Gasteiger partial charge is 0.265 e. The van der Waals surface area contributed by atoms with Gasteiger partial charge in [0.15, 0.2) is 11.8 Å². The fourth-order valence-electron chi connectivity index (χ4n) is 3.69. The number of hydrogen-bond donors (Lipinski definition) is 1. The van der Waals surface area contributed by atoms with Crippen LogP contribution < -0.4 is 19.5 Å². The van der Waals surface area contributed by atoms with Crippen LogP contribution in [0.5, 0.6) is 17.4 Å². The van der Waals surface area contributed by atoms with Gasteiger partial charge in [-0.05, 0) is 25.0 Å². The monoisotopic (exact) mass is 446 g/mol. The first kappa shape index (κ1) is 22.1. The molecule has 170 valence electrons. The zero-order chi connectivity index (χ0) is 23.5. The van der Waals surface area contributed by atoms with Crippen molar-refractivity contribution >= 4 is 22.6 Å². The Balaban J connectivity index is 1.62. The average molecular weight is 447 g/mol. The van der Waals surface area contributed by atoms with Gasteiger partial charge in [0.1, 0.15) is 11.5 Å². The number of benzene rings is 2. The van der Waals surface area contributed by atoms with Gasteiger partial charge in [-0.2, -0.15) is 10.1 Å². The van der Waals surface area contributed by atoms with Gasteiger partial charge >= 0.3 is 0 Å². The van der Waals surface area contributed by atoms with E-state index in [4.69, 9.17) is 14.2 Å². The maximum Gasteiger partial charge on any atom is 0.265 e. The summed E-state index contributed by atoms with van der Waals surface area (Å²) in [4.78, 5) is 17.5. The topological polar surface area (TPSA) is 87.5 Å². The van der Waals surface area contributed by atoms with Gasteiger partial charge in [0.2, 0.25) is 5.88 Å². The number of carbonyl (C=O) groups excluding carboxylic acids is 1. The number of carbonyl (C=O) groups is 1. The van der Waals surface area contributed by atoms with Gasteiger partial charge in [-0.15, -0.1) is 0 Å². The summed E-state index contributed by atoms with van der Waals surface area (Å²) in [6.07, 6.45) is -0.801. The molecule has 0 radical (unpaired) electrons. The van der Waals surface area contributed by atoms with Crippen LogP contribution in [-0.4, -0.2) is 41.0 Å². The van der Waals surface area contributed by atoms with E-state index in [0.717, 1.165) is 22.2 Å². The van der Waals surface area contributed by atoms with Crippen molar-refractivity contribution in [1.29, 1.82) is 0 Å². The zero-order valence-electron chi connectivity index (χ0n) is 19.2. The lowest BCUT2D eigenvalue weighted by molar-refractivity contribution is -0.122. The molecule has 1 unspecified atom stereocenters. The average Bonchev–Trinajstić information content (AvgIpc) is 3.11. The Kier molecular flexibility index (Phi) is 6.17. The van der Waals surface area contributed by atoms with Gasteiger partial charge in [-0.25, -0.2) is 0 Å². The maximum absolute atomic E-state index is 12.8. The van der Waals surface area contributed by atoms with E-state index in [9.17, 15) is 4.79 Å². The standard InChI is InChI=1S/C25H26N4O4/c1-15-23-21(17-9-7-6-8-10-17)14-22(27-24(23)29(3)28-15)33-16(2)25(30)26-18-11-19(31-4)13-20(12-18)32-5/h6-14,16H,1-5H3,(H,26,30). The Hall–Kier alpha value is -4.07. The highest BCUT2D eigenvalue weighted by atomic mass is 16.5. The summed E-state index contributed by atoms with van der Waals surface area (Å²) in [5.74, 6) is 1.17. The first-order valence-corrected chi connectivity index (χ1v) is 10.5. The third-order valence-electron chi connectivity index (χ3n) is 5.32. The van der Waals surface area contributed by atoms with Crippen molar-refractivity contribution < 1.29 is 19.0 Å². The van der Waals surface area contributed by atoms with E-state index in [2.05, 4.69) is 15.4 Å². The van der Waals surface area contributed by atoms with Gasteiger partial charge in [0, 0.05) is 37.0 Å². The number of hydrogen-bond acceptors (Lipinski definition) is 6. The van der Waals surface area contributed by atoms with Crippen LogP contribution in [0.4, 0.5) is 5.69 Å². The Labute approximate surface area is 192 Å². The molecule has 0 aliphatic heterocycles. The molecule has 0 spiro atoms. The first-order valence-electron chi connectivity index (χ1n) is 10.5.